The Morgan fingerprint density at radius 1 is 0.579 bits per heavy atom. The first kappa shape index (κ1) is 20.7. The van der Waals surface area contributed by atoms with E-state index in [1.807, 2.05) is 0 Å². The van der Waals surface area contributed by atoms with Crippen molar-refractivity contribution < 1.29 is 0 Å². The highest BCUT2D eigenvalue weighted by Gasteiger charge is 2.52. The highest BCUT2D eigenvalue weighted by atomic mass is 31.2. The fraction of sp³-hybridized carbons (Fsp3) is 1.00. The minimum absolute atomic E-state index is 0.220. The molecular formula is C15H36P4. The molecule has 0 aliphatic rings. The normalized spacial score (nSPS) is 24.2. The molecule has 0 heterocycles. The van der Waals surface area contributed by atoms with Crippen molar-refractivity contribution in [3.63, 3.8) is 0 Å². The Balaban J connectivity index is 5.93. The van der Waals surface area contributed by atoms with Crippen LogP contribution in [-0.4, -0.2) is 14.7 Å². The molecule has 0 aromatic heterocycles. The molecule has 0 aromatic carbocycles. The molecular weight excluding hydrogens is 304 g/mol. The molecule has 0 radical (unpaired) electrons. The quantitative estimate of drug-likeness (QED) is 0.504. The zero-order valence-corrected chi connectivity index (χ0v) is 18.8. The van der Waals surface area contributed by atoms with Crippen molar-refractivity contribution >= 4 is 35.6 Å². The molecule has 0 aliphatic carbocycles. The van der Waals surface area contributed by atoms with Gasteiger partial charge in [-0.05, 0) is 17.8 Å². The largest absolute Gasteiger partial charge is 0.126 e. The molecule has 4 heteroatoms. The summed E-state index contributed by atoms with van der Waals surface area (Å²) in [5, 5.41) is 0. The fourth-order valence-corrected chi connectivity index (χ4v) is 13.3. The molecule has 6 unspecified atom stereocenters. The van der Waals surface area contributed by atoms with Crippen molar-refractivity contribution in [1.82, 2.24) is 0 Å². The summed E-state index contributed by atoms with van der Waals surface area (Å²) in [4.78, 5) is 0.866. The SMILES string of the molecule is CC(C)C(C)(P)P(C(C)(P)C(C)C)C(C)(P)C(C)C. The van der Waals surface area contributed by atoms with Crippen LogP contribution in [0.15, 0.2) is 0 Å². The summed E-state index contributed by atoms with van der Waals surface area (Å²) in [5.41, 5.74) is 0. The predicted octanol–water partition coefficient (Wildman–Crippen LogP) is 6.21. The molecule has 19 heavy (non-hydrogen) atoms. The molecule has 116 valence electrons. The maximum absolute atomic E-state index is 3.21. The number of rotatable bonds is 6. The van der Waals surface area contributed by atoms with E-state index in [0.29, 0.717) is 17.8 Å². The van der Waals surface area contributed by atoms with Gasteiger partial charge in [-0.2, -0.15) is 0 Å². The van der Waals surface area contributed by atoms with Gasteiger partial charge in [0.15, 0.2) is 0 Å². The van der Waals surface area contributed by atoms with Crippen LogP contribution in [0.1, 0.15) is 62.3 Å². The molecule has 0 aromatic rings. The summed E-state index contributed by atoms with van der Waals surface area (Å²) in [6.45, 7) is 21.5. The first-order valence-corrected chi connectivity index (χ1v) is 10.4. The lowest BCUT2D eigenvalue weighted by Gasteiger charge is -2.57. The van der Waals surface area contributed by atoms with Gasteiger partial charge in [-0.3, -0.25) is 0 Å². The maximum atomic E-state index is 3.21. The molecule has 0 nitrogen and oxygen atoms in total. The van der Waals surface area contributed by atoms with E-state index in [4.69, 9.17) is 0 Å². The lowest BCUT2D eigenvalue weighted by molar-refractivity contribution is 0.514. The van der Waals surface area contributed by atoms with Crippen molar-refractivity contribution in [3.05, 3.63) is 0 Å². The van der Waals surface area contributed by atoms with E-state index in [0.717, 1.165) is 0 Å². The lowest BCUT2D eigenvalue weighted by Crippen LogP contribution is -2.42. The summed E-state index contributed by atoms with van der Waals surface area (Å²) in [7, 11) is 9.42. The van der Waals surface area contributed by atoms with Crippen LogP contribution >= 0.6 is 35.6 Å². The summed E-state index contributed by atoms with van der Waals surface area (Å²) in [6.07, 6.45) is 0. The second kappa shape index (κ2) is 6.87. The van der Waals surface area contributed by atoms with Crippen LogP contribution < -0.4 is 0 Å². The molecule has 6 atom stereocenters. The van der Waals surface area contributed by atoms with Gasteiger partial charge >= 0.3 is 0 Å². The average Bonchev–Trinajstić information content (AvgIpc) is 2.14. The van der Waals surface area contributed by atoms with Crippen molar-refractivity contribution in [2.45, 2.75) is 77.0 Å². The molecule has 0 N–H and O–H groups in total. The van der Waals surface area contributed by atoms with E-state index in [-0.39, 0.29) is 22.6 Å². The predicted molar refractivity (Wildman–Crippen MR) is 106 cm³/mol. The van der Waals surface area contributed by atoms with E-state index in [9.17, 15) is 0 Å². The number of hydrogen-bond donors (Lipinski definition) is 0. The Morgan fingerprint density at radius 2 is 0.737 bits per heavy atom. The summed E-state index contributed by atoms with van der Waals surface area (Å²) >= 11 is 0. The molecule has 0 spiro atoms. The first-order valence-electron chi connectivity index (χ1n) is 7.37. The highest BCUT2D eigenvalue weighted by molar-refractivity contribution is 7.78. The second-order valence-electron chi connectivity index (χ2n) is 7.48. The van der Waals surface area contributed by atoms with Crippen molar-refractivity contribution in [2.24, 2.45) is 17.8 Å². The molecule has 0 amide bonds. The van der Waals surface area contributed by atoms with Gasteiger partial charge < -0.3 is 0 Å². The fourth-order valence-electron chi connectivity index (χ4n) is 2.33. The topological polar surface area (TPSA) is 0 Å². The van der Waals surface area contributed by atoms with E-state index >= 15 is 0 Å². The summed E-state index contributed by atoms with van der Waals surface area (Å²) in [5.74, 6) is 2.00. The summed E-state index contributed by atoms with van der Waals surface area (Å²) in [6, 6.07) is 0. The van der Waals surface area contributed by atoms with Crippen LogP contribution in [0.4, 0.5) is 0 Å². The van der Waals surface area contributed by atoms with Gasteiger partial charge in [-0.15, -0.1) is 27.7 Å². The number of hydrogen-bond acceptors (Lipinski definition) is 0. The molecule has 0 fully saturated rings. The maximum Gasteiger partial charge on any atom is 0.00601 e. The Labute approximate surface area is 130 Å². The third-order valence-corrected chi connectivity index (χ3v) is 13.7. The molecule has 0 saturated heterocycles. The Bertz CT molecular complexity index is 243. The van der Waals surface area contributed by atoms with Crippen LogP contribution in [-0.2, 0) is 0 Å². The van der Waals surface area contributed by atoms with E-state index in [1.165, 1.54) is 0 Å². The third-order valence-electron chi connectivity index (χ3n) is 4.95. The van der Waals surface area contributed by atoms with Crippen LogP contribution in [0, 0.1) is 17.8 Å². The van der Waals surface area contributed by atoms with Crippen molar-refractivity contribution in [3.8, 4) is 0 Å². The standard InChI is InChI=1S/C15H36P4/c1-10(2)13(7,16)19(14(8,17)11(3)4)15(9,18)12(5)6/h10-12H,16-18H2,1-9H3. The van der Waals surface area contributed by atoms with Gasteiger partial charge in [0.05, 0.1) is 0 Å². The van der Waals surface area contributed by atoms with Crippen LogP contribution in [0.25, 0.3) is 0 Å². The molecule has 0 rings (SSSR count). The van der Waals surface area contributed by atoms with E-state index < -0.39 is 0 Å². The van der Waals surface area contributed by atoms with Crippen molar-refractivity contribution in [1.29, 1.82) is 0 Å². The second-order valence-corrected chi connectivity index (χ2v) is 16.1. The van der Waals surface area contributed by atoms with Gasteiger partial charge in [0, 0.05) is 14.7 Å². The molecule has 0 bridgehead atoms. The van der Waals surface area contributed by atoms with Crippen LogP contribution in [0.2, 0.25) is 0 Å². The zero-order valence-electron chi connectivity index (χ0n) is 14.4. The van der Waals surface area contributed by atoms with E-state index in [1.54, 1.807) is 0 Å². The highest BCUT2D eigenvalue weighted by Crippen LogP contribution is 2.78. The first-order chi connectivity index (χ1) is 8.20. The lowest BCUT2D eigenvalue weighted by atomic mass is 10.1. The third kappa shape index (κ3) is 4.35. The Morgan fingerprint density at radius 3 is 0.842 bits per heavy atom. The smallest absolute Gasteiger partial charge is 0.00601 e. The van der Waals surface area contributed by atoms with Gasteiger partial charge in [0.2, 0.25) is 0 Å². The molecule has 0 aliphatic heterocycles. The van der Waals surface area contributed by atoms with Crippen molar-refractivity contribution in [2.75, 3.05) is 0 Å². The van der Waals surface area contributed by atoms with Gasteiger partial charge in [0.25, 0.3) is 0 Å². The Kier molecular flexibility index (Phi) is 7.49. The van der Waals surface area contributed by atoms with Crippen LogP contribution in [0.5, 0.6) is 0 Å². The zero-order chi connectivity index (χ0) is 15.8. The minimum atomic E-state index is -0.220. The minimum Gasteiger partial charge on any atom is -0.126 e. The monoisotopic (exact) mass is 340 g/mol. The van der Waals surface area contributed by atoms with E-state index in [2.05, 4.69) is 90.0 Å². The van der Waals surface area contributed by atoms with Gasteiger partial charge in [-0.1, -0.05) is 70.2 Å². The van der Waals surface area contributed by atoms with Gasteiger partial charge in [0.1, 0.15) is 0 Å². The average molecular weight is 340 g/mol. The van der Waals surface area contributed by atoms with Gasteiger partial charge in [-0.25, -0.2) is 0 Å². The molecule has 0 saturated carbocycles. The van der Waals surface area contributed by atoms with Crippen LogP contribution in [0.3, 0.4) is 0 Å². The summed E-state index contributed by atoms with van der Waals surface area (Å²) < 4.78 is 0. The Hall–Kier alpha value is 1.72.